The van der Waals surface area contributed by atoms with Gasteiger partial charge in [-0.3, -0.25) is 4.79 Å². The number of benzene rings is 2. The van der Waals surface area contributed by atoms with Gasteiger partial charge < -0.3 is 14.2 Å². The number of Topliss-reactive ketones (excluding diaryl/α,β-unsaturated/α-hetero) is 1. The molecule has 1 heterocycles. The molecule has 1 unspecified atom stereocenters. The molecule has 25 heavy (non-hydrogen) atoms. The minimum atomic E-state index is -0.847. The minimum Gasteiger partial charge on any atom is -0.486 e. The lowest BCUT2D eigenvalue weighted by molar-refractivity contribution is -0.140. The molecule has 5 heteroatoms. The predicted octanol–water partition coefficient (Wildman–Crippen LogP) is 3.29. The van der Waals surface area contributed by atoms with Crippen LogP contribution in [0.1, 0.15) is 22.8 Å². The van der Waals surface area contributed by atoms with E-state index in [-0.39, 0.29) is 5.78 Å². The van der Waals surface area contributed by atoms with Crippen LogP contribution in [0, 0.1) is 0 Å². The lowest BCUT2D eigenvalue weighted by atomic mass is 10.1. The van der Waals surface area contributed by atoms with Gasteiger partial charge in [0.2, 0.25) is 5.78 Å². The van der Waals surface area contributed by atoms with Crippen molar-refractivity contribution in [3.63, 3.8) is 0 Å². The van der Waals surface area contributed by atoms with E-state index in [1.54, 1.807) is 49.4 Å². The highest BCUT2D eigenvalue weighted by Crippen LogP contribution is 2.31. The number of fused-ring (bicyclic) bond motifs is 1. The Bertz CT molecular complexity index is 795. The molecule has 0 aromatic heterocycles. The summed E-state index contributed by atoms with van der Waals surface area (Å²) in [4.78, 5) is 24.1. The molecule has 0 saturated heterocycles. The van der Waals surface area contributed by atoms with Gasteiger partial charge in [0.25, 0.3) is 0 Å². The molecule has 3 rings (SSSR count). The number of ketones is 1. The van der Waals surface area contributed by atoms with E-state index in [4.69, 9.17) is 14.2 Å². The molecule has 1 aliphatic heterocycles. The summed E-state index contributed by atoms with van der Waals surface area (Å²) in [5, 5.41) is 0. The molecule has 0 N–H and O–H groups in total. The Labute approximate surface area is 145 Å². The molecule has 2 aromatic rings. The summed E-state index contributed by atoms with van der Waals surface area (Å²) < 4.78 is 16.1. The topological polar surface area (TPSA) is 61.8 Å². The SMILES string of the molecule is CC(OC(=O)C=Cc1ccc2c(c1)OCCO2)C(=O)c1ccccc1. The van der Waals surface area contributed by atoms with E-state index in [0.717, 1.165) is 5.56 Å². The third-order valence-corrected chi connectivity index (χ3v) is 3.70. The van der Waals surface area contributed by atoms with Crippen LogP contribution in [0.3, 0.4) is 0 Å². The number of carbonyl (C=O) groups is 2. The highest BCUT2D eigenvalue weighted by molar-refractivity contribution is 6.01. The molecular formula is C20H18O5. The molecule has 1 aliphatic rings. The van der Waals surface area contributed by atoms with Crippen molar-refractivity contribution in [2.75, 3.05) is 13.2 Å². The van der Waals surface area contributed by atoms with Gasteiger partial charge in [0.1, 0.15) is 13.2 Å². The maximum absolute atomic E-state index is 12.2. The first-order chi connectivity index (χ1) is 12.1. The van der Waals surface area contributed by atoms with Gasteiger partial charge in [-0.2, -0.15) is 0 Å². The Morgan fingerprint density at radius 2 is 1.76 bits per heavy atom. The van der Waals surface area contributed by atoms with E-state index in [9.17, 15) is 9.59 Å². The molecule has 5 nitrogen and oxygen atoms in total. The van der Waals surface area contributed by atoms with Crippen LogP contribution >= 0.6 is 0 Å². The van der Waals surface area contributed by atoms with Crippen LogP contribution in [0.15, 0.2) is 54.6 Å². The fraction of sp³-hybridized carbons (Fsp3) is 0.200. The molecule has 0 aliphatic carbocycles. The number of esters is 1. The standard InChI is InChI=1S/C20H18O5/c1-14(20(22)16-5-3-2-4-6-16)25-19(21)10-8-15-7-9-17-18(13-15)24-12-11-23-17/h2-10,13-14H,11-12H2,1H3. The van der Waals surface area contributed by atoms with E-state index in [0.29, 0.717) is 30.3 Å². The van der Waals surface area contributed by atoms with Crippen molar-refractivity contribution in [3.05, 3.63) is 65.7 Å². The van der Waals surface area contributed by atoms with E-state index in [1.165, 1.54) is 6.08 Å². The Morgan fingerprint density at radius 3 is 2.52 bits per heavy atom. The quantitative estimate of drug-likeness (QED) is 0.476. The van der Waals surface area contributed by atoms with Gasteiger partial charge in [0.05, 0.1) is 0 Å². The second kappa shape index (κ2) is 7.66. The van der Waals surface area contributed by atoms with Crippen LogP contribution in [0.5, 0.6) is 11.5 Å². The van der Waals surface area contributed by atoms with Gasteiger partial charge >= 0.3 is 5.97 Å². The smallest absolute Gasteiger partial charge is 0.331 e. The summed E-state index contributed by atoms with van der Waals surface area (Å²) >= 11 is 0. The fourth-order valence-corrected chi connectivity index (χ4v) is 2.43. The molecule has 128 valence electrons. The number of hydrogen-bond donors (Lipinski definition) is 0. The van der Waals surface area contributed by atoms with Crippen LogP contribution in [0.2, 0.25) is 0 Å². The fourth-order valence-electron chi connectivity index (χ4n) is 2.43. The highest BCUT2D eigenvalue weighted by atomic mass is 16.6. The van der Waals surface area contributed by atoms with E-state index in [2.05, 4.69) is 0 Å². The number of ether oxygens (including phenoxy) is 3. The van der Waals surface area contributed by atoms with Gasteiger partial charge in [0.15, 0.2) is 17.6 Å². The maximum atomic E-state index is 12.2. The molecule has 1 atom stereocenters. The van der Waals surface area contributed by atoms with Crippen LogP contribution in [0.4, 0.5) is 0 Å². The van der Waals surface area contributed by atoms with E-state index < -0.39 is 12.1 Å². The number of hydrogen-bond acceptors (Lipinski definition) is 5. The lowest BCUT2D eigenvalue weighted by Crippen LogP contribution is -2.23. The number of carbonyl (C=O) groups excluding carboxylic acids is 2. The molecule has 2 aromatic carbocycles. The first kappa shape index (κ1) is 16.8. The molecule has 0 spiro atoms. The van der Waals surface area contributed by atoms with Gasteiger partial charge in [-0.05, 0) is 30.7 Å². The maximum Gasteiger partial charge on any atom is 0.331 e. The second-order valence-electron chi connectivity index (χ2n) is 5.55. The molecular weight excluding hydrogens is 320 g/mol. The van der Waals surface area contributed by atoms with Crippen molar-refractivity contribution in [3.8, 4) is 11.5 Å². The minimum absolute atomic E-state index is 0.235. The van der Waals surface area contributed by atoms with E-state index >= 15 is 0 Å². The average Bonchev–Trinajstić information content (AvgIpc) is 2.66. The average molecular weight is 338 g/mol. The monoisotopic (exact) mass is 338 g/mol. The Hall–Kier alpha value is -3.08. The summed E-state index contributed by atoms with van der Waals surface area (Å²) in [5.74, 6) is 0.524. The summed E-state index contributed by atoms with van der Waals surface area (Å²) in [6.07, 6.45) is 2.06. The second-order valence-corrected chi connectivity index (χ2v) is 5.55. The predicted molar refractivity (Wildman–Crippen MR) is 92.8 cm³/mol. The molecule has 0 radical (unpaired) electrons. The third kappa shape index (κ3) is 4.26. The van der Waals surface area contributed by atoms with Gasteiger partial charge in [-0.25, -0.2) is 4.79 Å². The van der Waals surface area contributed by atoms with Crippen molar-refractivity contribution in [2.45, 2.75) is 13.0 Å². The summed E-state index contributed by atoms with van der Waals surface area (Å²) in [7, 11) is 0. The molecule has 0 amide bonds. The molecule has 0 fully saturated rings. The largest absolute Gasteiger partial charge is 0.486 e. The molecule has 0 bridgehead atoms. The lowest BCUT2D eigenvalue weighted by Gasteiger charge is -2.18. The number of rotatable bonds is 5. The van der Waals surface area contributed by atoms with Crippen molar-refractivity contribution >= 4 is 17.8 Å². The van der Waals surface area contributed by atoms with Crippen LogP contribution < -0.4 is 9.47 Å². The zero-order chi connectivity index (χ0) is 17.6. The molecule has 0 saturated carbocycles. The van der Waals surface area contributed by atoms with E-state index in [1.807, 2.05) is 12.1 Å². The van der Waals surface area contributed by atoms with Gasteiger partial charge in [0, 0.05) is 11.6 Å². The Balaban J connectivity index is 1.60. The Morgan fingerprint density at radius 1 is 1.04 bits per heavy atom. The van der Waals surface area contributed by atoms with Crippen LogP contribution in [-0.2, 0) is 9.53 Å². The summed E-state index contributed by atoms with van der Waals surface area (Å²) in [6.45, 7) is 2.59. The first-order valence-corrected chi connectivity index (χ1v) is 8.01. The van der Waals surface area contributed by atoms with Gasteiger partial charge in [-0.15, -0.1) is 0 Å². The Kier molecular flexibility index (Phi) is 5.14. The third-order valence-electron chi connectivity index (χ3n) is 3.70. The highest BCUT2D eigenvalue weighted by Gasteiger charge is 2.18. The van der Waals surface area contributed by atoms with Crippen molar-refractivity contribution in [1.29, 1.82) is 0 Å². The van der Waals surface area contributed by atoms with Crippen molar-refractivity contribution in [2.24, 2.45) is 0 Å². The van der Waals surface area contributed by atoms with Gasteiger partial charge in [-0.1, -0.05) is 36.4 Å². The van der Waals surface area contributed by atoms with Crippen molar-refractivity contribution < 1.29 is 23.8 Å². The zero-order valence-electron chi connectivity index (χ0n) is 13.8. The van der Waals surface area contributed by atoms with Crippen molar-refractivity contribution in [1.82, 2.24) is 0 Å². The summed E-state index contributed by atoms with van der Waals surface area (Å²) in [6, 6.07) is 14.1. The first-order valence-electron chi connectivity index (χ1n) is 8.01. The normalized spacial score (nSPS) is 14.1. The van der Waals surface area contributed by atoms with Crippen LogP contribution in [-0.4, -0.2) is 31.1 Å². The van der Waals surface area contributed by atoms with Crippen LogP contribution in [0.25, 0.3) is 6.08 Å². The summed E-state index contributed by atoms with van der Waals surface area (Å²) in [5.41, 5.74) is 1.29. The zero-order valence-corrected chi connectivity index (χ0v) is 13.8.